The molecule has 3 rings (SSSR count). The molecule has 1 aromatic heterocycles. The number of nitrogens with zero attached hydrogens (tertiary/aromatic N) is 5. The zero-order valence-corrected chi connectivity index (χ0v) is 18.8. The molecule has 0 N–H and O–H groups in total. The van der Waals surface area contributed by atoms with Crippen LogP contribution in [-0.4, -0.2) is 51.9 Å². The Kier molecular flexibility index (Phi) is 7.20. The molecule has 1 fully saturated rings. The topological polar surface area (TPSA) is 92.5 Å². The van der Waals surface area contributed by atoms with Crippen LogP contribution in [0.2, 0.25) is 0 Å². The Morgan fingerprint density at radius 2 is 1.77 bits per heavy atom. The van der Waals surface area contributed by atoms with E-state index in [-0.39, 0.29) is 22.4 Å². The second-order valence-corrected chi connectivity index (χ2v) is 8.10. The molecule has 2 heterocycles. The minimum absolute atomic E-state index is 0.0841. The van der Waals surface area contributed by atoms with Crippen molar-refractivity contribution in [3.05, 3.63) is 57.0 Å². The number of hydrogen-bond donors (Lipinski definition) is 0. The fourth-order valence-electron chi connectivity index (χ4n) is 3.80. The van der Waals surface area contributed by atoms with Crippen molar-refractivity contribution in [2.45, 2.75) is 52.9 Å². The number of benzene rings is 1. The number of aryl methyl sites for hydroxylation is 1. The van der Waals surface area contributed by atoms with Gasteiger partial charge in [0.2, 0.25) is 5.91 Å². The van der Waals surface area contributed by atoms with Gasteiger partial charge in [-0.3, -0.25) is 14.9 Å². The van der Waals surface area contributed by atoms with Crippen LogP contribution >= 0.6 is 0 Å². The highest BCUT2D eigenvalue weighted by molar-refractivity contribution is 5.76. The first kappa shape index (κ1) is 22.7. The van der Waals surface area contributed by atoms with Crippen LogP contribution in [0.3, 0.4) is 0 Å². The Balaban J connectivity index is 1.92. The van der Waals surface area contributed by atoms with Crippen molar-refractivity contribution in [1.29, 1.82) is 0 Å². The fraction of sp³-hybridized carbons (Fsp3) is 0.522. The predicted molar refractivity (Wildman–Crippen MR) is 120 cm³/mol. The normalized spacial score (nSPS) is 15.1. The van der Waals surface area contributed by atoms with E-state index in [1.807, 2.05) is 18.7 Å². The Morgan fingerprint density at radius 1 is 1.13 bits per heavy atom. The van der Waals surface area contributed by atoms with Crippen LogP contribution in [-0.2, 0) is 11.2 Å². The van der Waals surface area contributed by atoms with Gasteiger partial charge in [0.25, 0.3) is 5.69 Å². The molecule has 0 aliphatic carbocycles. The SMILES string of the molecule is CCC(=O)N1CCN(c2nc([C@H](C)CC)nc(C)c2Cc2ccc([N+](=O)[O-])cc2)CC1. The molecule has 1 atom stereocenters. The Hall–Kier alpha value is -3.03. The molecule has 8 nitrogen and oxygen atoms in total. The van der Waals surface area contributed by atoms with E-state index < -0.39 is 0 Å². The van der Waals surface area contributed by atoms with Crippen molar-refractivity contribution in [2.24, 2.45) is 0 Å². The average molecular weight is 426 g/mol. The number of hydrogen-bond acceptors (Lipinski definition) is 6. The summed E-state index contributed by atoms with van der Waals surface area (Å²) < 4.78 is 0. The Bertz CT molecular complexity index is 937. The van der Waals surface area contributed by atoms with Crippen LogP contribution in [0.1, 0.15) is 62.2 Å². The van der Waals surface area contributed by atoms with E-state index in [1.165, 1.54) is 12.1 Å². The molecular formula is C23H31N5O3. The zero-order chi connectivity index (χ0) is 22.5. The number of amides is 1. The minimum atomic E-state index is -0.387. The Morgan fingerprint density at radius 3 is 2.32 bits per heavy atom. The third-order valence-electron chi connectivity index (χ3n) is 6.02. The third-order valence-corrected chi connectivity index (χ3v) is 6.02. The monoisotopic (exact) mass is 425 g/mol. The summed E-state index contributed by atoms with van der Waals surface area (Å²) in [4.78, 5) is 36.6. The molecule has 0 radical (unpaired) electrons. The number of non-ortho nitro benzene ring substituents is 1. The number of anilines is 1. The number of nitro benzene ring substituents is 1. The second-order valence-electron chi connectivity index (χ2n) is 8.10. The molecule has 1 aliphatic heterocycles. The van der Waals surface area contributed by atoms with Crippen molar-refractivity contribution < 1.29 is 9.72 Å². The van der Waals surface area contributed by atoms with Crippen LogP contribution < -0.4 is 4.90 Å². The number of rotatable bonds is 7. The van der Waals surface area contributed by atoms with E-state index in [9.17, 15) is 14.9 Å². The molecule has 0 unspecified atom stereocenters. The number of aromatic nitrogens is 2. The molecule has 0 spiro atoms. The molecule has 8 heteroatoms. The highest BCUT2D eigenvalue weighted by atomic mass is 16.6. The molecular weight excluding hydrogens is 394 g/mol. The van der Waals surface area contributed by atoms with Crippen LogP contribution in [0, 0.1) is 17.0 Å². The van der Waals surface area contributed by atoms with Crippen molar-refractivity contribution in [1.82, 2.24) is 14.9 Å². The van der Waals surface area contributed by atoms with Gasteiger partial charge in [0.1, 0.15) is 11.6 Å². The van der Waals surface area contributed by atoms with E-state index in [0.29, 0.717) is 25.9 Å². The van der Waals surface area contributed by atoms with Crippen molar-refractivity contribution in [3.63, 3.8) is 0 Å². The van der Waals surface area contributed by atoms with Gasteiger partial charge in [0, 0.05) is 68.3 Å². The van der Waals surface area contributed by atoms with E-state index in [0.717, 1.165) is 48.0 Å². The maximum Gasteiger partial charge on any atom is 0.269 e. The van der Waals surface area contributed by atoms with Crippen molar-refractivity contribution >= 4 is 17.4 Å². The molecule has 1 amide bonds. The van der Waals surface area contributed by atoms with Gasteiger partial charge in [0.05, 0.1) is 4.92 Å². The summed E-state index contributed by atoms with van der Waals surface area (Å²) >= 11 is 0. The first-order valence-corrected chi connectivity index (χ1v) is 11.0. The lowest BCUT2D eigenvalue weighted by atomic mass is 10.0. The van der Waals surface area contributed by atoms with Crippen molar-refractivity contribution in [3.8, 4) is 0 Å². The van der Waals surface area contributed by atoms with Gasteiger partial charge >= 0.3 is 0 Å². The Labute approximate surface area is 183 Å². The van der Waals surface area contributed by atoms with E-state index in [1.54, 1.807) is 12.1 Å². The van der Waals surface area contributed by atoms with Crippen molar-refractivity contribution in [2.75, 3.05) is 31.1 Å². The summed E-state index contributed by atoms with van der Waals surface area (Å²) in [7, 11) is 0. The zero-order valence-electron chi connectivity index (χ0n) is 18.8. The lowest BCUT2D eigenvalue weighted by molar-refractivity contribution is -0.384. The minimum Gasteiger partial charge on any atom is -0.353 e. The fourth-order valence-corrected chi connectivity index (χ4v) is 3.80. The number of nitro groups is 1. The molecule has 0 bridgehead atoms. The van der Waals surface area contributed by atoms with Crippen LogP contribution in [0.5, 0.6) is 0 Å². The average Bonchev–Trinajstić information content (AvgIpc) is 2.79. The second kappa shape index (κ2) is 9.85. The summed E-state index contributed by atoms with van der Waals surface area (Å²) in [6.07, 6.45) is 2.09. The summed E-state index contributed by atoms with van der Waals surface area (Å²) in [5, 5.41) is 11.0. The standard InChI is InChI=1S/C23H31N5O3/c1-5-16(3)22-24-17(4)20(15-18-7-9-19(10-8-18)28(30)31)23(25-22)27-13-11-26(12-14-27)21(29)6-2/h7-10,16H,5-6,11-15H2,1-4H3/t16-/m1/s1. The van der Waals surface area contributed by atoms with Crippen LogP contribution in [0.15, 0.2) is 24.3 Å². The predicted octanol–water partition coefficient (Wildman–Crippen LogP) is 3.86. The van der Waals surface area contributed by atoms with Gasteiger partial charge in [-0.2, -0.15) is 0 Å². The van der Waals surface area contributed by atoms with Gasteiger partial charge in [-0.25, -0.2) is 9.97 Å². The molecule has 31 heavy (non-hydrogen) atoms. The van der Waals surface area contributed by atoms with E-state index >= 15 is 0 Å². The molecule has 1 saturated heterocycles. The number of carbonyl (C=O) groups excluding carboxylic acids is 1. The summed E-state index contributed by atoms with van der Waals surface area (Å²) in [5.74, 6) is 2.21. The van der Waals surface area contributed by atoms with Gasteiger partial charge in [-0.05, 0) is 18.9 Å². The lowest BCUT2D eigenvalue weighted by Gasteiger charge is -2.36. The van der Waals surface area contributed by atoms with Gasteiger partial charge < -0.3 is 9.80 Å². The van der Waals surface area contributed by atoms with Gasteiger partial charge in [-0.15, -0.1) is 0 Å². The van der Waals surface area contributed by atoms with Crippen LogP contribution in [0.25, 0.3) is 0 Å². The smallest absolute Gasteiger partial charge is 0.269 e. The van der Waals surface area contributed by atoms with E-state index in [4.69, 9.17) is 9.97 Å². The largest absolute Gasteiger partial charge is 0.353 e. The first-order valence-electron chi connectivity index (χ1n) is 11.0. The summed E-state index contributed by atoms with van der Waals surface area (Å²) in [5.41, 5.74) is 3.04. The molecule has 1 aliphatic rings. The number of carbonyl (C=O) groups is 1. The molecule has 1 aromatic carbocycles. The maximum absolute atomic E-state index is 12.1. The molecule has 166 valence electrons. The number of piperazine rings is 1. The van der Waals surface area contributed by atoms with Gasteiger partial charge in [-0.1, -0.05) is 32.9 Å². The first-order chi connectivity index (χ1) is 14.8. The van der Waals surface area contributed by atoms with Crippen LogP contribution in [0.4, 0.5) is 11.5 Å². The van der Waals surface area contributed by atoms with E-state index in [2.05, 4.69) is 18.7 Å². The molecule has 2 aromatic rings. The highest BCUT2D eigenvalue weighted by Crippen LogP contribution is 2.28. The molecule has 0 saturated carbocycles. The van der Waals surface area contributed by atoms with Gasteiger partial charge in [0.15, 0.2) is 0 Å². The highest BCUT2D eigenvalue weighted by Gasteiger charge is 2.25. The lowest BCUT2D eigenvalue weighted by Crippen LogP contribution is -2.49. The quantitative estimate of drug-likeness (QED) is 0.494. The summed E-state index contributed by atoms with van der Waals surface area (Å²) in [6.45, 7) is 11.0. The maximum atomic E-state index is 12.1. The summed E-state index contributed by atoms with van der Waals surface area (Å²) in [6, 6.07) is 6.66. The third kappa shape index (κ3) is 5.18.